The minimum Gasteiger partial charge on any atom is -0.368 e. The number of rotatable bonds is 6. The van der Waals surface area contributed by atoms with Crippen molar-refractivity contribution in [1.82, 2.24) is 14.9 Å². The molecule has 1 aliphatic rings. The zero-order valence-corrected chi connectivity index (χ0v) is 20.5. The van der Waals surface area contributed by atoms with Crippen molar-refractivity contribution < 1.29 is 9.59 Å². The highest BCUT2D eigenvalue weighted by Gasteiger charge is 2.24. The van der Waals surface area contributed by atoms with Crippen molar-refractivity contribution in [2.75, 3.05) is 36.0 Å². The maximum atomic E-state index is 13.4. The Morgan fingerprint density at radius 1 is 1.00 bits per heavy atom. The minimum absolute atomic E-state index is 0.0996. The third kappa shape index (κ3) is 5.08. The maximum absolute atomic E-state index is 13.4. The number of anilines is 2. The first kappa shape index (κ1) is 23.1. The molecule has 0 aliphatic carbocycles. The first-order chi connectivity index (χ1) is 17.1. The first-order valence-corrected chi connectivity index (χ1v) is 12.6. The minimum atomic E-state index is -0.182. The SMILES string of the molecule is O=C(c1cccs1)N1CCN(c2ccc(N(Cc3cnc[nH]3)C(=O)c3ccccc3Cl)cc2)CC1. The number of carbonyl (C=O) groups is 2. The van der Waals surface area contributed by atoms with Crippen LogP contribution in [0, 0.1) is 0 Å². The number of nitrogens with zero attached hydrogens (tertiary/aromatic N) is 4. The van der Waals surface area contributed by atoms with Crippen LogP contribution in [0.3, 0.4) is 0 Å². The molecule has 0 bridgehead atoms. The molecule has 2 aromatic heterocycles. The van der Waals surface area contributed by atoms with Crippen molar-refractivity contribution in [2.45, 2.75) is 6.54 Å². The average Bonchev–Trinajstić information content (AvgIpc) is 3.62. The second-order valence-electron chi connectivity index (χ2n) is 8.22. The van der Waals surface area contributed by atoms with Gasteiger partial charge in [-0.3, -0.25) is 9.59 Å². The van der Waals surface area contributed by atoms with Gasteiger partial charge >= 0.3 is 0 Å². The smallest absolute Gasteiger partial charge is 0.264 e. The molecule has 1 saturated heterocycles. The number of benzene rings is 2. The normalized spacial score (nSPS) is 13.6. The molecule has 178 valence electrons. The number of halogens is 1. The highest BCUT2D eigenvalue weighted by atomic mass is 35.5. The first-order valence-electron chi connectivity index (χ1n) is 11.3. The summed E-state index contributed by atoms with van der Waals surface area (Å²) < 4.78 is 0. The summed E-state index contributed by atoms with van der Waals surface area (Å²) in [6.07, 6.45) is 3.30. The van der Waals surface area contributed by atoms with Gasteiger partial charge in [-0.2, -0.15) is 0 Å². The molecule has 2 amide bonds. The molecule has 3 heterocycles. The summed E-state index contributed by atoms with van der Waals surface area (Å²) in [7, 11) is 0. The number of piperazine rings is 1. The van der Waals surface area contributed by atoms with Crippen LogP contribution >= 0.6 is 22.9 Å². The molecule has 2 aromatic carbocycles. The number of hydrogen-bond donors (Lipinski definition) is 1. The maximum Gasteiger partial charge on any atom is 0.264 e. The van der Waals surface area contributed by atoms with E-state index in [2.05, 4.69) is 14.9 Å². The van der Waals surface area contributed by atoms with Crippen molar-refractivity contribution in [1.29, 1.82) is 0 Å². The van der Waals surface area contributed by atoms with Crippen LogP contribution in [0.2, 0.25) is 5.02 Å². The summed E-state index contributed by atoms with van der Waals surface area (Å²) in [4.78, 5) is 39.8. The predicted molar refractivity (Wildman–Crippen MR) is 139 cm³/mol. The fourth-order valence-corrected chi connectivity index (χ4v) is 5.08. The van der Waals surface area contributed by atoms with Crippen molar-refractivity contribution in [3.8, 4) is 0 Å². The molecule has 7 nitrogen and oxygen atoms in total. The van der Waals surface area contributed by atoms with Crippen LogP contribution in [-0.4, -0.2) is 52.9 Å². The number of aromatic nitrogens is 2. The number of thiophene rings is 1. The molecule has 1 aliphatic heterocycles. The van der Waals surface area contributed by atoms with E-state index >= 15 is 0 Å². The summed E-state index contributed by atoms with van der Waals surface area (Å²) in [5, 5.41) is 2.34. The molecular formula is C26H24ClN5O2S. The Kier molecular flexibility index (Phi) is 6.83. The summed E-state index contributed by atoms with van der Waals surface area (Å²) in [5.74, 6) is -0.0822. The van der Waals surface area contributed by atoms with Crippen LogP contribution < -0.4 is 9.80 Å². The van der Waals surface area contributed by atoms with Crippen molar-refractivity contribution in [3.05, 3.63) is 99.7 Å². The second kappa shape index (κ2) is 10.3. The lowest BCUT2D eigenvalue weighted by Crippen LogP contribution is -2.48. The quantitative estimate of drug-likeness (QED) is 0.403. The number of aromatic amines is 1. The van der Waals surface area contributed by atoms with E-state index in [1.165, 1.54) is 11.3 Å². The summed E-state index contributed by atoms with van der Waals surface area (Å²) in [6, 6.07) is 18.8. The van der Waals surface area contributed by atoms with Crippen molar-refractivity contribution >= 4 is 46.1 Å². The topological polar surface area (TPSA) is 72.5 Å². The van der Waals surface area contributed by atoms with Crippen LogP contribution in [-0.2, 0) is 6.54 Å². The van der Waals surface area contributed by atoms with E-state index in [4.69, 9.17) is 11.6 Å². The van der Waals surface area contributed by atoms with Gasteiger partial charge < -0.3 is 19.7 Å². The summed E-state index contributed by atoms with van der Waals surface area (Å²) in [6.45, 7) is 3.21. The largest absolute Gasteiger partial charge is 0.368 e. The van der Waals surface area contributed by atoms with Crippen LogP contribution in [0.1, 0.15) is 25.7 Å². The molecule has 1 N–H and O–H groups in total. The zero-order valence-electron chi connectivity index (χ0n) is 18.9. The van der Waals surface area contributed by atoms with Gasteiger partial charge in [0, 0.05) is 43.8 Å². The van der Waals surface area contributed by atoms with E-state index in [1.54, 1.807) is 41.7 Å². The number of carbonyl (C=O) groups excluding carboxylic acids is 2. The lowest BCUT2D eigenvalue weighted by atomic mass is 10.1. The highest BCUT2D eigenvalue weighted by molar-refractivity contribution is 7.12. The number of amides is 2. The Labute approximate surface area is 212 Å². The van der Waals surface area contributed by atoms with Gasteiger partial charge in [-0.1, -0.05) is 29.8 Å². The third-order valence-electron chi connectivity index (χ3n) is 6.06. The molecular weight excluding hydrogens is 482 g/mol. The van der Waals surface area contributed by atoms with Crippen LogP contribution in [0.15, 0.2) is 78.6 Å². The Hall–Kier alpha value is -3.62. The Morgan fingerprint density at radius 2 is 1.77 bits per heavy atom. The lowest BCUT2D eigenvalue weighted by molar-refractivity contribution is 0.0751. The highest BCUT2D eigenvalue weighted by Crippen LogP contribution is 2.27. The van der Waals surface area contributed by atoms with Crippen LogP contribution in [0.5, 0.6) is 0 Å². The molecule has 5 rings (SSSR count). The summed E-state index contributed by atoms with van der Waals surface area (Å²) in [5.41, 5.74) is 3.09. The number of hydrogen-bond acceptors (Lipinski definition) is 5. The zero-order chi connectivity index (χ0) is 24.2. The predicted octanol–water partition coefficient (Wildman–Crippen LogP) is 4.93. The standard InChI is InChI=1S/C26H24ClN5O2S/c27-23-5-2-1-4-22(23)25(33)32(17-19-16-28-18-29-19)21-9-7-20(8-10-21)30-11-13-31(14-12-30)26(34)24-6-3-15-35-24/h1-10,15-16,18H,11-14,17H2,(H,28,29). The van der Waals surface area contributed by atoms with E-state index in [0.29, 0.717) is 30.2 Å². The van der Waals surface area contributed by atoms with Crippen molar-refractivity contribution in [2.24, 2.45) is 0 Å². The van der Waals surface area contributed by atoms with Gasteiger partial charge in [0.2, 0.25) is 0 Å². The molecule has 4 aromatic rings. The van der Waals surface area contributed by atoms with E-state index in [1.807, 2.05) is 46.7 Å². The van der Waals surface area contributed by atoms with Gasteiger partial charge in [0.25, 0.3) is 11.8 Å². The van der Waals surface area contributed by atoms with E-state index in [9.17, 15) is 9.59 Å². The fourth-order valence-electron chi connectivity index (χ4n) is 4.17. The van der Waals surface area contributed by atoms with Crippen LogP contribution in [0.25, 0.3) is 0 Å². The fraction of sp³-hybridized carbons (Fsp3) is 0.192. The molecule has 0 saturated carbocycles. The molecule has 0 spiro atoms. The van der Waals surface area contributed by atoms with E-state index in [0.717, 1.165) is 35.0 Å². The monoisotopic (exact) mass is 505 g/mol. The Bertz CT molecular complexity index is 1280. The van der Waals surface area contributed by atoms with E-state index in [-0.39, 0.29) is 11.8 Å². The van der Waals surface area contributed by atoms with Gasteiger partial charge in [0.05, 0.1) is 34.0 Å². The van der Waals surface area contributed by atoms with Gasteiger partial charge in [-0.25, -0.2) is 4.98 Å². The third-order valence-corrected chi connectivity index (χ3v) is 7.25. The van der Waals surface area contributed by atoms with Gasteiger partial charge in [0.15, 0.2) is 0 Å². The number of H-pyrrole nitrogens is 1. The summed E-state index contributed by atoms with van der Waals surface area (Å²) >= 11 is 7.80. The molecule has 9 heteroatoms. The molecule has 35 heavy (non-hydrogen) atoms. The number of imidazole rings is 1. The molecule has 0 radical (unpaired) electrons. The lowest BCUT2D eigenvalue weighted by Gasteiger charge is -2.36. The second-order valence-corrected chi connectivity index (χ2v) is 9.58. The van der Waals surface area contributed by atoms with E-state index < -0.39 is 0 Å². The molecule has 0 unspecified atom stereocenters. The molecule has 1 fully saturated rings. The average molecular weight is 506 g/mol. The Balaban J connectivity index is 1.31. The van der Waals surface area contributed by atoms with Gasteiger partial charge in [0.1, 0.15) is 0 Å². The van der Waals surface area contributed by atoms with Crippen molar-refractivity contribution in [3.63, 3.8) is 0 Å². The van der Waals surface area contributed by atoms with Gasteiger partial charge in [-0.15, -0.1) is 11.3 Å². The Morgan fingerprint density at radius 3 is 2.43 bits per heavy atom. The van der Waals surface area contributed by atoms with Gasteiger partial charge in [-0.05, 0) is 47.8 Å². The van der Waals surface area contributed by atoms with Crippen LogP contribution in [0.4, 0.5) is 11.4 Å². The molecule has 0 atom stereocenters. The number of nitrogens with one attached hydrogen (secondary N) is 1.